The average Bonchev–Trinajstić information content (AvgIpc) is 2.19. The first-order valence-electron chi connectivity index (χ1n) is 4.50. The molecular weight excluding hydrogens is 156 g/mol. The van der Waals surface area contributed by atoms with Crippen LogP contribution < -0.4 is 0 Å². The second-order valence-corrected chi connectivity index (χ2v) is 3.46. The van der Waals surface area contributed by atoms with Crippen LogP contribution in [0.15, 0.2) is 59.8 Å². The minimum absolute atomic E-state index is 0.966. The van der Waals surface area contributed by atoms with Crippen LogP contribution in [0.2, 0.25) is 0 Å². The van der Waals surface area contributed by atoms with Gasteiger partial charge >= 0.3 is 0 Å². The van der Waals surface area contributed by atoms with E-state index in [9.17, 15) is 0 Å². The molecule has 0 unspecified atom stereocenters. The summed E-state index contributed by atoms with van der Waals surface area (Å²) in [5.74, 6) is 0. The lowest BCUT2D eigenvalue weighted by atomic mass is 9.97. The van der Waals surface area contributed by atoms with Crippen LogP contribution in [0.25, 0.3) is 0 Å². The van der Waals surface area contributed by atoms with Crippen LogP contribution in [-0.2, 0) is 0 Å². The molecule has 0 nitrogen and oxygen atoms in total. The van der Waals surface area contributed by atoms with Gasteiger partial charge < -0.3 is 0 Å². The molecule has 0 amide bonds. The molecule has 0 aromatic carbocycles. The molecule has 0 aromatic rings. The highest BCUT2D eigenvalue weighted by molar-refractivity contribution is 5.50. The summed E-state index contributed by atoms with van der Waals surface area (Å²) >= 11 is 0. The Balaban J connectivity index is 3.08. The first kappa shape index (κ1) is 9.79. The molecule has 0 aliphatic heterocycles. The van der Waals surface area contributed by atoms with E-state index < -0.39 is 0 Å². The highest BCUT2D eigenvalue weighted by Gasteiger charge is 2.07. The molecule has 1 rings (SSSR count). The number of allylic oxidation sites excluding steroid dienone is 8. The topological polar surface area (TPSA) is 0 Å². The third-order valence-corrected chi connectivity index (χ3v) is 2.20. The predicted molar refractivity (Wildman–Crippen MR) is 59.6 cm³/mol. The second-order valence-electron chi connectivity index (χ2n) is 3.46. The summed E-state index contributed by atoms with van der Waals surface area (Å²) in [5, 5.41) is 0. The standard InChI is InChI=1S/C13H16/c1-5-6-13-11(3)8-7-10(2)9-12(13)4/h5-8H,1,4,9H2,2-3H3. The Hall–Kier alpha value is -1.30. The van der Waals surface area contributed by atoms with E-state index in [4.69, 9.17) is 0 Å². The maximum absolute atomic E-state index is 4.08. The molecule has 0 fully saturated rings. The van der Waals surface area contributed by atoms with Gasteiger partial charge in [-0.25, -0.2) is 0 Å². The Morgan fingerprint density at radius 2 is 2.00 bits per heavy atom. The average molecular weight is 172 g/mol. The van der Waals surface area contributed by atoms with Gasteiger partial charge in [-0.2, -0.15) is 0 Å². The van der Waals surface area contributed by atoms with Crippen LogP contribution in [0.5, 0.6) is 0 Å². The molecule has 0 saturated carbocycles. The van der Waals surface area contributed by atoms with Crippen LogP contribution in [-0.4, -0.2) is 0 Å². The van der Waals surface area contributed by atoms with Gasteiger partial charge in [-0.1, -0.05) is 43.0 Å². The van der Waals surface area contributed by atoms with Gasteiger partial charge in [-0.3, -0.25) is 0 Å². The Morgan fingerprint density at radius 3 is 2.62 bits per heavy atom. The van der Waals surface area contributed by atoms with Gasteiger partial charge in [0, 0.05) is 0 Å². The van der Waals surface area contributed by atoms with E-state index in [0.717, 1.165) is 6.42 Å². The van der Waals surface area contributed by atoms with Crippen LogP contribution in [0.4, 0.5) is 0 Å². The molecule has 0 spiro atoms. The Kier molecular flexibility index (Phi) is 3.07. The van der Waals surface area contributed by atoms with Crippen LogP contribution in [0.3, 0.4) is 0 Å². The number of hydrogen-bond donors (Lipinski definition) is 0. The van der Waals surface area contributed by atoms with Crippen molar-refractivity contribution in [1.29, 1.82) is 0 Å². The third-order valence-electron chi connectivity index (χ3n) is 2.20. The largest absolute Gasteiger partial charge is 0.0990 e. The number of rotatable bonds is 1. The third kappa shape index (κ3) is 2.32. The number of hydrogen-bond acceptors (Lipinski definition) is 0. The quantitative estimate of drug-likeness (QED) is 0.561. The first-order valence-corrected chi connectivity index (χ1v) is 4.50. The molecule has 0 heteroatoms. The van der Waals surface area contributed by atoms with E-state index in [2.05, 4.69) is 39.2 Å². The van der Waals surface area contributed by atoms with Crippen molar-refractivity contribution < 1.29 is 0 Å². The molecule has 0 atom stereocenters. The van der Waals surface area contributed by atoms with E-state index in [1.165, 1.54) is 22.3 Å². The van der Waals surface area contributed by atoms with Gasteiger partial charge in [-0.05, 0) is 37.0 Å². The lowest BCUT2D eigenvalue weighted by Gasteiger charge is -2.07. The molecule has 0 aromatic heterocycles. The van der Waals surface area contributed by atoms with E-state index in [1.807, 2.05) is 12.2 Å². The molecule has 0 heterocycles. The summed E-state index contributed by atoms with van der Waals surface area (Å²) in [6.45, 7) is 12.0. The van der Waals surface area contributed by atoms with Crippen molar-refractivity contribution in [3.8, 4) is 0 Å². The van der Waals surface area contributed by atoms with Gasteiger partial charge in [-0.15, -0.1) is 0 Å². The van der Waals surface area contributed by atoms with Crippen molar-refractivity contribution in [3.63, 3.8) is 0 Å². The molecule has 0 radical (unpaired) electrons. The van der Waals surface area contributed by atoms with Crippen LogP contribution in [0.1, 0.15) is 20.3 Å². The fourth-order valence-electron chi connectivity index (χ4n) is 1.49. The lowest BCUT2D eigenvalue weighted by Crippen LogP contribution is -1.88. The van der Waals surface area contributed by atoms with Gasteiger partial charge in [0.1, 0.15) is 0 Å². The molecule has 0 bridgehead atoms. The summed E-state index contributed by atoms with van der Waals surface area (Å²) < 4.78 is 0. The fraction of sp³-hybridized carbons (Fsp3) is 0.231. The van der Waals surface area contributed by atoms with E-state index >= 15 is 0 Å². The van der Waals surface area contributed by atoms with Crippen LogP contribution >= 0.6 is 0 Å². The van der Waals surface area contributed by atoms with Gasteiger partial charge in [0.05, 0.1) is 0 Å². The molecule has 0 N–H and O–H groups in total. The molecule has 13 heavy (non-hydrogen) atoms. The minimum Gasteiger partial charge on any atom is -0.0990 e. The smallest absolute Gasteiger partial charge is 0.00666 e. The van der Waals surface area contributed by atoms with E-state index in [0.29, 0.717) is 0 Å². The molecule has 1 aliphatic rings. The summed E-state index contributed by atoms with van der Waals surface area (Å²) in [5.41, 5.74) is 5.03. The SMILES string of the molecule is C=CC=C1C(=C)CC(C)=CC=C1C. The summed E-state index contributed by atoms with van der Waals surface area (Å²) in [7, 11) is 0. The summed E-state index contributed by atoms with van der Waals surface area (Å²) in [6, 6.07) is 0. The van der Waals surface area contributed by atoms with Crippen molar-refractivity contribution in [1.82, 2.24) is 0 Å². The van der Waals surface area contributed by atoms with Crippen molar-refractivity contribution in [3.05, 3.63) is 59.8 Å². The van der Waals surface area contributed by atoms with Gasteiger partial charge in [0.25, 0.3) is 0 Å². The summed E-state index contributed by atoms with van der Waals surface area (Å²) in [6.07, 6.45) is 9.11. The first-order chi connectivity index (χ1) is 6.15. The zero-order valence-corrected chi connectivity index (χ0v) is 8.43. The fourth-order valence-corrected chi connectivity index (χ4v) is 1.49. The Bertz CT molecular complexity index is 322. The zero-order valence-electron chi connectivity index (χ0n) is 8.43. The normalized spacial score (nSPS) is 20.8. The highest BCUT2D eigenvalue weighted by Crippen LogP contribution is 2.26. The maximum Gasteiger partial charge on any atom is -0.00666 e. The monoisotopic (exact) mass is 172 g/mol. The minimum atomic E-state index is 0.966. The van der Waals surface area contributed by atoms with Crippen molar-refractivity contribution in [2.45, 2.75) is 20.3 Å². The molecular formula is C13H16. The highest BCUT2D eigenvalue weighted by atomic mass is 14.1. The van der Waals surface area contributed by atoms with E-state index in [-0.39, 0.29) is 0 Å². The van der Waals surface area contributed by atoms with Gasteiger partial charge in [0.15, 0.2) is 0 Å². The molecule has 0 saturated heterocycles. The van der Waals surface area contributed by atoms with Crippen molar-refractivity contribution >= 4 is 0 Å². The Labute approximate surface area is 80.7 Å². The van der Waals surface area contributed by atoms with Crippen molar-refractivity contribution in [2.75, 3.05) is 0 Å². The van der Waals surface area contributed by atoms with Crippen molar-refractivity contribution in [2.24, 2.45) is 0 Å². The van der Waals surface area contributed by atoms with E-state index in [1.54, 1.807) is 0 Å². The lowest BCUT2D eigenvalue weighted by molar-refractivity contribution is 1.14. The molecule has 1 aliphatic carbocycles. The second kappa shape index (κ2) is 4.08. The zero-order chi connectivity index (χ0) is 9.84. The van der Waals surface area contributed by atoms with Crippen LogP contribution in [0, 0.1) is 0 Å². The summed E-state index contributed by atoms with van der Waals surface area (Å²) in [4.78, 5) is 0. The predicted octanol–water partition coefficient (Wildman–Crippen LogP) is 3.95. The molecule has 68 valence electrons. The Morgan fingerprint density at radius 1 is 1.31 bits per heavy atom. The van der Waals surface area contributed by atoms with Gasteiger partial charge in [0.2, 0.25) is 0 Å². The maximum atomic E-state index is 4.08.